The summed E-state index contributed by atoms with van der Waals surface area (Å²) in [6.45, 7) is 6.40. The van der Waals surface area contributed by atoms with Crippen LogP contribution in [0.5, 0.6) is 0 Å². The van der Waals surface area contributed by atoms with Gasteiger partial charge in [-0.05, 0) is 31.1 Å². The Kier molecular flexibility index (Phi) is 6.22. The van der Waals surface area contributed by atoms with Gasteiger partial charge in [-0.25, -0.2) is 0 Å². The van der Waals surface area contributed by atoms with Crippen LogP contribution in [0.3, 0.4) is 0 Å². The first-order valence-corrected chi connectivity index (χ1v) is 6.33. The fraction of sp³-hybridized carbons (Fsp3) is 1.00. The Bertz CT molecular complexity index is 150. The Morgan fingerprint density at radius 3 is 2.60 bits per heavy atom. The van der Waals surface area contributed by atoms with Crippen LogP contribution in [0.4, 0.5) is 0 Å². The largest absolute Gasteiger partial charge is 0.381 e. The van der Waals surface area contributed by atoms with E-state index in [1.54, 1.807) is 0 Å². The van der Waals surface area contributed by atoms with Gasteiger partial charge in [0.15, 0.2) is 0 Å². The van der Waals surface area contributed by atoms with Gasteiger partial charge in [-0.1, -0.05) is 26.7 Å². The van der Waals surface area contributed by atoms with Crippen molar-refractivity contribution >= 4 is 0 Å². The number of hydrazine groups is 1. The molecule has 0 aromatic rings. The first-order valence-electron chi connectivity index (χ1n) is 6.33. The maximum atomic E-state index is 5.62. The van der Waals surface area contributed by atoms with Crippen LogP contribution in [0.1, 0.15) is 46.0 Å². The van der Waals surface area contributed by atoms with E-state index in [4.69, 9.17) is 10.6 Å². The fourth-order valence-electron chi connectivity index (χ4n) is 2.43. The molecule has 1 rings (SSSR count). The monoisotopic (exact) mass is 214 g/mol. The van der Waals surface area contributed by atoms with Crippen LogP contribution in [0, 0.1) is 11.8 Å². The molecule has 0 amide bonds. The summed E-state index contributed by atoms with van der Waals surface area (Å²) in [5, 5.41) is 0. The smallest absolute Gasteiger partial charge is 0.0495 e. The van der Waals surface area contributed by atoms with Crippen molar-refractivity contribution in [3.63, 3.8) is 0 Å². The highest BCUT2D eigenvalue weighted by molar-refractivity contribution is 4.75. The van der Waals surface area contributed by atoms with Crippen molar-refractivity contribution in [1.82, 2.24) is 5.43 Å². The molecule has 1 aliphatic rings. The summed E-state index contributed by atoms with van der Waals surface area (Å²) in [4.78, 5) is 0. The number of hydrogen-bond acceptors (Lipinski definition) is 3. The lowest BCUT2D eigenvalue weighted by Gasteiger charge is -2.23. The summed E-state index contributed by atoms with van der Waals surface area (Å²) in [7, 11) is 0. The Balaban J connectivity index is 2.27. The maximum absolute atomic E-state index is 5.62. The first-order chi connectivity index (χ1) is 7.30. The van der Waals surface area contributed by atoms with Crippen LogP contribution < -0.4 is 11.3 Å². The van der Waals surface area contributed by atoms with Crippen LogP contribution in [0.2, 0.25) is 0 Å². The minimum Gasteiger partial charge on any atom is -0.381 e. The molecule has 0 spiro atoms. The maximum Gasteiger partial charge on any atom is 0.0495 e. The van der Waals surface area contributed by atoms with Crippen molar-refractivity contribution in [2.75, 3.05) is 13.2 Å². The van der Waals surface area contributed by atoms with Crippen molar-refractivity contribution in [2.45, 2.75) is 52.0 Å². The standard InChI is InChI=1S/C12H26N2O/c1-3-10(4-2)7-12(14-13)8-11-5-6-15-9-11/h10-12,14H,3-9,13H2,1-2H3. The molecule has 0 radical (unpaired) electrons. The average Bonchev–Trinajstić information content (AvgIpc) is 2.76. The molecule has 3 N–H and O–H groups in total. The minimum absolute atomic E-state index is 0.474. The van der Waals surface area contributed by atoms with E-state index < -0.39 is 0 Å². The van der Waals surface area contributed by atoms with Gasteiger partial charge in [0.25, 0.3) is 0 Å². The average molecular weight is 214 g/mol. The quantitative estimate of drug-likeness (QED) is 0.504. The van der Waals surface area contributed by atoms with E-state index in [2.05, 4.69) is 19.3 Å². The molecule has 0 aromatic heterocycles. The van der Waals surface area contributed by atoms with E-state index in [-0.39, 0.29) is 0 Å². The van der Waals surface area contributed by atoms with Gasteiger partial charge in [-0.15, -0.1) is 0 Å². The van der Waals surface area contributed by atoms with Crippen molar-refractivity contribution in [1.29, 1.82) is 0 Å². The SMILES string of the molecule is CCC(CC)CC(CC1CCOC1)NN. The van der Waals surface area contributed by atoms with Crippen LogP contribution in [-0.4, -0.2) is 19.3 Å². The van der Waals surface area contributed by atoms with Crippen molar-refractivity contribution in [3.05, 3.63) is 0 Å². The molecule has 0 aromatic carbocycles. The lowest BCUT2D eigenvalue weighted by molar-refractivity contribution is 0.179. The number of rotatable bonds is 7. The van der Waals surface area contributed by atoms with Crippen LogP contribution in [0.15, 0.2) is 0 Å². The van der Waals surface area contributed by atoms with Gasteiger partial charge >= 0.3 is 0 Å². The second-order valence-corrected chi connectivity index (χ2v) is 4.75. The van der Waals surface area contributed by atoms with Crippen molar-refractivity contribution in [3.8, 4) is 0 Å². The van der Waals surface area contributed by atoms with Gasteiger partial charge in [0.1, 0.15) is 0 Å². The van der Waals surface area contributed by atoms with Gasteiger partial charge in [-0.2, -0.15) is 0 Å². The second kappa shape index (κ2) is 7.20. The number of hydrogen-bond donors (Lipinski definition) is 2. The van der Waals surface area contributed by atoms with E-state index >= 15 is 0 Å². The zero-order chi connectivity index (χ0) is 11.1. The highest BCUT2D eigenvalue weighted by Crippen LogP contribution is 2.23. The number of nitrogens with one attached hydrogen (secondary N) is 1. The summed E-state index contributed by atoms with van der Waals surface area (Å²) < 4.78 is 5.39. The summed E-state index contributed by atoms with van der Waals surface area (Å²) in [6.07, 6.45) is 6.11. The summed E-state index contributed by atoms with van der Waals surface area (Å²) in [5.41, 5.74) is 2.97. The molecular weight excluding hydrogens is 188 g/mol. The highest BCUT2D eigenvalue weighted by Gasteiger charge is 2.21. The minimum atomic E-state index is 0.474. The van der Waals surface area contributed by atoms with E-state index in [1.807, 2.05) is 0 Å². The van der Waals surface area contributed by atoms with E-state index in [9.17, 15) is 0 Å². The van der Waals surface area contributed by atoms with E-state index in [0.717, 1.165) is 25.0 Å². The Morgan fingerprint density at radius 1 is 1.40 bits per heavy atom. The van der Waals surface area contributed by atoms with E-state index in [0.29, 0.717) is 6.04 Å². The van der Waals surface area contributed by atoms with Crippen LogP contribution in [0.25, 0.3) is 0 Å². The third-order valence-electron chi connectivity index (χ3n) is 3.65. The molecule has 0 aliphatic carbocycles. The van der Waals surface area contributed by atoms with E-state index in [1.165, 1.54) is 32.1 Å². The molecule has 2 unspecified atom stereocenters. The predicted octanol–water partition coefficient (Wildman–Crippen LogP) is 2.07. The third-order valence-corrected chi connectivity index (χ3v) is 3.65. The molecule has 1 saturated heterocycles. The van der Waals surface area contributed by atoms with Gasteiger partial charge in [0.05, 0.1) is 0 Å². The molecule has 3 heteroatoms. The third kappa shape index (κ3) is 4.49. The topological polar surface area (TPSA) is 47.3 Å². The molecule has 1 heterocycles. The Hall–Kier alpha value is -0.120. The summed E-state index contributed by atoms with van der Waals surface area (Å²) >= 11 is 0. The summed E-state index contributed by atoms with van der Waals surface area (Å²) in [5.74, 6) is 7.15. The lowest BCUT2D eigenvalue weighted by atomic mass is 9.89. The Labute approximate surface area is 93.7 Å². The normalized spacial score (nSPS) is 23.6. The molecule has 1 aliphatic heterocycles. The van der Waals surface area contributed by atoms with Gasteiger partial charge < -0.3 is 4.74 Å². The van der Waals surface area contributed by atoms with Gasteiger partial charge in [0.2, 0.25) is 0 Å². The molecular formula is C12H26N2O. The lowest BCUT2D eigenvalue weighted by Crippen LogP contribution is -2.38. The molecule has 0 saturated carbocycles. The molecule has 0 bridgehead atoms. The summed E-state index contributed by atoms with van der Waals surface area (Å²) in [6, 6.07) is 0.474. The van der Waals surface area contributed by atoms with Gasteiger partial charge in [0, 0.05) is 19.3 Å². The number of nitrogens with two attached hydrogens (primary N) is 1. The van der Waals surface area contributed by atoms with Crippen LogP contribution in [-0.2, 0) is 4.74 Å². The molecule has 15 heavy (non-hydrogen) atoms. The van der Waals surface area contributed by atoms with Crippen molar-refractivity contribution < 1.29 is 4.74 Å². The highest BCUT2D eigenvalue weighted by atomic mass is 16.5. The fourth-order valence-corrected chi connectivity index (χ4v) is 2.43. The molecule has 1 fully saturated rings. The second-order valence-electron chi connectivity index (χ2n) is 4.75. The Morgan fingerprint density at radius 2 is 2.13 bits per heavy atom. The van der Waals surface area contributed by atoms with Gasteiger partial charge in [-0.3, -0.25) is 11.3 Å². The molecule has 3 nitrogen and oxygen atoms in total. The zero-order valence-corrected chi connectivity index (χ0v) is 10.2. The first kappa shape index (κ1) is 12.9. The van der Waals surface area contributed by atoms with Crippen molar-refractivity contribution in [2.24, 2.45) is 17.7 Å². The van der Waals surface area contributed by atoms with Crippen LogP contribution >= 0.6 is 0 Å². The molecule has 90 valence electrons. The molecule has 2 atom stereocenters. The predicted molar refractivity (Wildman–Crippen MR) is 63.3 cm³/mol. The zero-order valence-electron chi connectivity index (χ0n) is 10.2. The number of ether oxygens (including phenoxy) is 1.